The number of hydrogen-bond acceptors (Lipinski definition) is 5. The lowest BCUT2D eigenvalue weighted by molar-refractivity contribution is -0.389. The van der Waals surface area contributed by atoms with Gasteiger partial charge in [0, 0.05) is 12.3 Å². The number of aromatic amines is 1. The molecule has 0 fully saturated rings. The number of aromatic nitrogens is 4. The van der Waals surface area contributed by atoms with Gasteiger partial charge in [0.15, 0.2) is 16.5 Å². The summed E-state index contributed by atoms with van der Waals surface area (Å²) in [5, 5.41) is 22.8. The molecule has 0 spiro atoms. The van der Waals surface area contributed by atoms with Gasteiger partial charge < -0.3 is 15.4 Å². The minimum atomic E-state index is -0.747. The second kappa shape index (κ2) is 6.73. The summed E-state index contributed by atoms with van der Waals surface area (Å²) < 4.78 is 1.67. The predicted molar refractivity (Wildman–Crippen MR) is 90.7 cm³/mol. The molecule has 3 rings (SSSR count). The number of aryl methyl sites for hydroxylation is 1. The van der Waals surface area contributed by atoms with Gasteiger partial charge in [0.25, 0.3) is 5.91 Å². The summed E-state index contributed by atoms with van der Waals surface area (Å²) >= 11 is 5.79. The Morgan fingerprint density at radius 2 is 2.16 bits per heavy atom. The lowest BCUT2D eigenvalue weighted by atomic mass is 10.1. The van der Waals surface area contributed by atoms with Gasteiger partial charge >= 0.3 is 5.82 Å². The molecule has 0 aliphatic carbocycles. The van der Waals surface area contributed by atoms with Gasteiger partial charge in [-0.05, 0) is 23.0 Å². The van der Waals surface area contributed by atoms with Gasteiger partial charge in [-0.15, -0.1) is 5.10 Å². The van der Waals surface area contributed by atoms with Gasteiger partial charge in [-0.3, -0.25) is 9.48 Å². The van der Waals surface area contributed by atoms with E-state index in [4.69, 9.17) is 11.6 Å². The molecule has 0 aliphatic heterocycles. The summed E-state index contributed by atoms with van der Waals surface area (Å²) in [6.07, 6.45) is 1.72. The quantitative estimate of drug-likeness (QED) is 0.535. The number of H-pyrrole nitrogens is 1. The summed E-state index contributed by atoms with van der Waals surface area (Å²) in [5.41, 5.74) is 1.98. The highest BCUT2D eigenvalue weighted by atomic mass is 35.5. The van der Waals surface area contributed by atoms with E-state index in [2.05, 4.69) is 20.6 Å². The summed E-state index contributed by atoms with van der Waals surface area (Å²) in [6, 6.07) is 9.53. The number of nitrogens with one attached hydrogen (secondary N) is 2. The Balaban J connectivity index is 1.72. The van der Waals surface area contributed by atoms with Crippen molar-refractivity contribution < 1.29 is 9.72 Å². The van der Waals surface area contributed by atoms with E-state index in [9.17, 15) is 14.9 Å². The van der Waals surface area contributed by atoms with Gasteiger partial charge in [-0.1, -0.05) is 41.0 Å². The second-order valence-corrected chi connectivity index (χ2v) is 5.65. The van der Waals surface area contributed by atoms with E-state index in [0.29, 0.717) is 12.4 Å². The highest BCUT2D eigenvalue weighted by molar-refractivity contribution is 6.35. The summed E-state index contributed by atoms with van der Waals surface area (Å²) in [5.74, 6) is -0.923. The fourth-order valence-electron chi connectivity index (χ4n) is 2.24. The van der Waals surface area contributed by atoms with Crippen molar-refractivity contribution in [2.24, 2.45) is 0 Å². The molecule has 2 aromatic heterocycles. The topological polar surface area (TPSA) is 119 Å². The van der Waals surface area contributed by atoms with Crippen LogP contribution in [0, 0.1) is 17.0 Å². The molecule has 1 aromatic carbocycles. The minimum absolute atomic E-state index is 0.262. The number of rotatable bonds is 5. The molecular weight excluding hydrogens is 348 g/mol. The summed E-state index contributed by atoms with van der Waals surface area (Å²) in [6.45, 7) is 2.56. The van der Waals surface area contributed by atoms with Crippen molar-refractivity contribution in [3.8, 4) is 0 Å². The summed E-state index contributed by atoms with van der Waals surface area (Å²) in [7, 11) is 0. The predicted octanol–water partition coefficient (Wildman–Crippen LogP) is 2.78. The molecule has 0 bridgehead atoms. The van der Waals surface area contributed by atoms with Crippen LogP contribution in [0.3, 0.4) is 0 Å². The first-order valence-corrected chi connectivity index (χ1v) is 7.61. The van der Waals surface area contributed by atoms with E-state index in [0.717, 1.165) is 11.1 Å². The number of carbonyl (C=O) groups excluding carboxylic acids is 1. The Kier molecular flexibility index (Phi) is 4.48. The molecule has 0 radical (unpaired) electrons. The van der Waals surface area contributed by atoms with Crippen molar-refractivity contribution >= 4 is 29.1 Å². The van der Waals surface area contributed by atoms with Gasteiger partial charge in [-0.2, -0.15) is 5.10 Å². The number of benzene rings is 1. The zero-order valence-corrected chi connectivity index (χ0v) is 13.8. The van der Waals surface area contributed by atoms with Crippen LogP contribution in [-0.4, -0.2) is 30.8 Å². The molecule has 0 aliphatic rings. The third kappa shape index (κ3) is 3.50. The number of anilines is 1. The van der Waals surface area contributed by atoms with Crippen LogP contribution in [0.4, 0.5) is 11.6 Å². The smallest absolute Gasteiger partial charge is 0.358 e. The largest absolute Gasteiger partial charge is 0.362 e. The Hall–Kier alpha value is -3.20. The number of amides is 1. The Labute approximate surface area is 146 Å². The van der Waals surface area contributed by atoms with E-state index >= 15 is 0 Å². The van der Waals surface area contributed by atoms with Crippen LogP contribution in [0.25, 0.3) is 0 Å². The number of nitro groups is 1. The van der Waals surface area contributed by atoms with Crippen LogP contribution in [0.15, 0.2) is 36.5 Å². The molecule has 0 saturated heterocycles. The van der Waals surface area contributed by atoms with Crippen molar-refractivity contribution in [3.63, 3.8) is 0 Å². The van der Waals surface area contributed by atoms with Crippen molar-refractivity contribution in [1.29, 1.82) is 0 Å². The standard InChI is InChI=1S/C15H13ClN6O3/c1-9-4-2-3-5-10(9)8-21-7-6-11(20-21)17-15(23)13-12(16)14(19-18-13)22(24)25/h2-7H,8H2,1H3,(H,18,19)(H,17,20,23). The lowest BCUT2D eigenvalue weighted by Crippen LogP contribution is -2.14. The van der Waals surface area contributed by atoms with Crippen LogP contribution in [0.1, 0.15) is 21.6 Å². The van der Waals surface area contributed by atoms with Gasteiger partial charge in [0.1, 0.15) is 0 Å². The first kappa shape index (κ1) is 16.7. The highest BCUT2D eigenvalue weighted by Crippen LogP contribution is 2.25. The van der Waals surface area contributed by atoms with Crippen LogP contribution < -0.4 is 5.32 Å². The molecular formula is C15H13ClN6O3. The molecule has 128 valence electrons. The summed E-state index contributed by atoms with van der Waals surface area (Å²) in [4.78, 5) is 22.1. The Bertz CT molecular complexity index is 948. The van der Waals surface area contributed by atoms with Crippen LogP contribution in [-0.2, 0) is 6.54 Å². The molecule has 1 amide bonds. The molecule has 0 atom stereocenters. The molecule has 25 heavy (non-hydrogen) atoms. The molecule has 9 nitrogen and oxygen atoms in total. The van der Waals surface area contributed by atoms with Crippen LogP contribution in [0.2, 0.25) is 5.02 Å². The molecule has 0 unspecified atom stereocenters. The fraction of sp³-hybridized carbons (Fsp3) is 0.133. The van der Waals surface area contributed by atoms with E-state index in [1.165, 1.54) is 0 Å². The third-order valence-electron chi connectivity index (χ3n) is 3.56. The molecule has 10 heteroatoms. The monoisotopic (exact) mass is 360 g/mol. The first-order valence-electron chi connectivity index (χ1n) is 7.23. The van der Waals surface area contributed by atoms with Crippen molar-refractivity contribution in [3.05, 3.63) is 68.5 Å². The second-order valence-electron chi connectivity index (χ2n) is 5.27. The first-order chi connectivity index (χ1) is 12.0. The minimum Gasteiger partial charge on any atom is -0.358 e. The molecule has 3 aromatic rings. The maximum absolute atomic E-state index is 12.1. The normalized spacial score (nSPS) is 10.6. The maximum Gasteiger partial charge on any atom is 0.362 e. The highest BCUT2D eigenvalue weighted by Gasteiger charge is 2.25. The van der Waals surface area contributed by atoms with E-state index < -0.39 is 16.6 Å². The number of halogens is 1. The zero-order valence-electron chi connectivity index (χ0n) is 13.1. The van der Waals surface area contributed by atoms with Crippen LogP contribution >= 0.6 is 11.6 Å². The molecule has 2 N–H and O–H groups in total. The Morgan fingerprint density at radius 1 is 1.40 bits per heavy atom. The SMILES string of the molecule is Cc1ccccc1Cn1ccc(NC(=O)c2n[nH]c([N+](=O)[O-])c2Cl)n1. The molecule has 2 heterocycles. The zero-order chi connectivity index (χ0) is 18.0. The van der Waals surface area contributed by atoms with Gasteiger partial charge in [0.2, 0.25) is 0 Å². The lowest BCUT2D eigenvalue weighted by Gasteiger charge is -2.05. The average molecular weight is 361 g/mol. The third-order valence-corrected chi connectivity index (χ3v) is 3.92. The van der Waals surface area contributed by atoms with Crippen LogP contribution in [0.5, 0.6) is 0 Å². The number of nitrogens with zero attached hydrogens (tertiary/aromatic N) is 4. The Morgan fingerprint density at radius 3 is 2.84 bits per heavy atom. The van der Waals surface area contributed by atoms with E-state index in [1.807, 2.05) is 31.2 Å². The van der Waals surface area contributed by atoms with Crippen molar-refractivity contribution in [2.45, 2.75) is 13.5 Å². The van der Waals surface area contributed by atoms with Gasteiger partial charge in [0.05, 0.1) is 6.54 Å². The average Bonchev–Trinajstić information content (AvgIpc) is 3.16. The molecule has 0 saturated carbocycles. The van der Waals surface area contributed by atoms with Crippen molar-refractivity contribution in [2.75, 3.05) is 5.32 Å². The van der Waals surface area contributed by atoms with E-state index in [1.54, 1.807) is 16.9 Å². The number of carbonyl (C=O) groups is 1. The maximum atomic E-state index is 12.1. The number of hydrogen-bond donors (Lipinski definition) is 2. The van der Waals surface area contributed by atoms with Gasteiger partial charge in [-0.25, -0.2) is 0 Å². The van der Waals surface area contributed by atoms with E-state index in [-0.39, 0.29) is 10.7 Å². The fourth-order valence-corrected chi connectivity index (χ4v) is 2.48. The van der Waals surface area contributed by atoms with Crippen molar-refractivity contribution in [1.82, 2.24) is 20.0 Å².